The van der Waals surface area contributed by atoms with Crippen LogP contribution in [0.25, 0.3) is 0 Å². The molecule has 0 spiro atoms. The van der Waals surface area contributed by atoms with Gasteiger partial charge in [-0.15, -0.1) is 0 Å². The minimum Gasteiger partial charge on any atom is -0.467 e. The number of hydrogen-bond donors (Lipinski definition) is 1. The second-order valence-corrected chi connectivity index (χ2v) is 4.67. The van der Waals surface area contributed by atoms with E-state index in [4.69, 9.17) is 10.00 Å². The summed E-state index contributed by atoms with van der Waals surface area (Å²) in [5.74, 6) is -0.905. The number of nitrogens with one attached hydrogen (secondary N) is 1. The molecular weight excluding hydrogens is 284 g/mol. The number of nitriles is 1. The standard InChI is InChI=1S/C16H20N2O4/c1-21-16(20)14(9-5-6-10-17)18-15(19)12-22-11-13-7-3-2-4-8-13/h2-4,7-8,14H,5-6,9,11-12H2,1H3,(H,18,19)/t14-/m0/s1. The average molecular weight is 304 g/mol. The summed E-state index contributed by atoms with van der Waals surface area (Å²) in [5.41, 5.74) is 0.967. The fourth-order valence-electron chi connectivity index (χ4n) is 1.85. The van der Waals surface area contributed by atoms with Crippen LogP contribution in [0.1, 0.15) is 24.8 Å². The van der Waals surface area contributed by atoms with Crippen LogP contribution in [0.4, 0.5) is 0 Å². The molecule has 1 rings (SSSR count). The monoisotopic (exact) mass is 304 g/mol. The van der Waals surface area contributed by atoms with Crippen LogP contribution in [0.5, 0.6) is 0 Å². The number of nitrogens with zero attached hydrogens (tertiary/aromatic N) is 1. The van der Waals surface area contributed by atoms with Crippen molar-refractivity contribution in [1.82, 2.24) is 5.32 Å². The van der Waals surface area contributed by atoms with Crippen LogP contribution in [0.2, 0.25) is 0 Å². The second kappa shape index (κ2) is 10.4. The molecule has 0 aliphatic heterocycles. The number of unbranched alkanes of at least 4 members (excludes halogenated alkanes) is 1. The minimum absolute atomic E-state index is 0.138. The van der Waals surface area contributed by atoms with Crippen molar-refractivity contribution in [2.75, 3.05) is 13.7 Å². The molecule has 0 aliphatic rings. The molecular formula is C16H20N2O4. The molecule has 0 bridgehead atoms. The van der Waals surface area contributed by atoms with E-state index in [1.54, 1.807) is 0 Å². The Bertz CT molecular complexity index is 511. The Kier molecular flexibility index (Phi) is 8.31. The number of amides is 1. The SMILES string of the molecule is COC(=O)[C@H](CCCC#N)NC(=O)COCc1ccccc1. The van der Waals surface area contributed by atoms with E-state index in [1.165, 1.54) is 7.11 Å². The van der Waals surface area contributed by atoms with E-state index in [1.807, 2.05) is 36.4 Å². The third kappa shape index (κ3) is 6.86. The number of carbonyl (C=O) groups is 2. The summed E-state index contributed by atoms with van der Waals surface area (Å²) in [6, 6.07) is 10.7. The van der Waals surface area contributed by atoms with Gasteiger partial charge in [0.2, 0.25) is 5.91 Å². The van der Waals surface area contributed by atoms with Crippen LogP contribution in [0.3, 0.4) is 0 Å². The number of rotatable bonds is 9. The summed E-state index contributed by atoms with van der Waals surface area (Å²) in [6.07, 6.45) is 1.21. The van der Waals surface area contributed by atoms with E-state index >= 15 is 0 Å². The van der Waals surface area contributed by atoms with E-state index in [9.17, 15) is 9.59 Å². The Labute approximate surface area is 130 Å². The van der Waals surface area contributed by atoms with Gasteiger partial charge in [-0.1, -0.05) is 30.3 Å². The first-order valence-corrected chi connectivity index (χ1v) is 7.03. The first-order chi connectivity index (χ1) is 10.7. The van der Waals surface area contributed by atoms with Crippen LogP contribution in [0.15, 0.2) is 30.3 Å². The van der Waals surface area contributed by atoms with E-state index in [2.05, 4.69) is 10.1 Å². The summed E-state index contributed by atoms with van der Waals surface area (Å²) >= 11 is 0. The lowest BCUT2D eigenvalue weighted by Gasteiger charge is -2.16. The third-order valence-corrected chi connectivity index (χ3v) is 2.95. The summed E-state index contributed by atoms with van der Waals surface area (Å²) in [6.45, 7) is 0.187. The minimum atomic E-state index is -0.744. The molecule has 1 aromatic rings. The topological polar surface area (TPSA) is 88.4 Å². The van der Waals surface area contributed by atoms with Gasteiger partial charge in [-0.3, -0.25) is 4.79 Å². The molecule has 118 valence electrons. The predicted molar refractivity (Wildman–Crippen MR) is 79.5 cm³/mol. The van der Waals surface area contributed by atoms with Crippen molar-refractivity contribution in [2.24, 2.45) is 0 Å². The maximum absolute atomic E-state index is 11.8. The highest BCUT2D eigenvalue weighted by molar-refractivity contribution is 5.84. The van der Waals surface area contributed by atoms with Gasteiger partial charge in [-0.2, -0.15) is 5.26 Å². The van der Waals surface area contributed by atoms with Gasteiger partial charge in [0, 0.05) is 6.42 Å². The molecule has 1 atom stereocenters. The lowest BCUT2D eigenvalue weighted by atomic mass is 10.1. The maximum Gasteiger partial charge on any atom is 0.328 e. The Balaban J connectivity index is 2.35. The molecule has 0 saturated heterocycles. The molecule has 0 fully saturated rings. The van der Waals surface area contributed by atoms with E-state index in [-0.39, 0.29) is 12.5 Å². The highest BCUT2D eigenvalue weighted by Crippen LogP contribution is 2.03. The van der Waals surface area contributed by atoms with Crippen molar-refractivity contribution in [3.8, 4) is 6.07 Å². The van der Waals surface area contributed by atoms with Crippen molar-refractivity contribution in [2.45, 2.75) is 31.9 Å². The lowest BCUT2D eigenvalue weighted by molar-refractivity contribution is -0.146. The fourth-order valence-corrected chi connectivity index (χ4v) is 1.85. The van der Waals surface area contributed by atoms with E-state index < -0.39 is 12.0 Å². The van der Waals surface area contributed by atoms with Gasteiger partial charge in [0.25, 0.3) is 0 Å². The number of benzene rings is 1. The second-order valence-electron chi connectivity index (χ2n) is 4.67. The zero-order chi connectivity index (χ0) is 16.2. The summed E-state index contributed by atoms with van der Waals surface area (Å²) in [7, 11) is 1.26. The Morgan fingerprint density at radius 3 is 2.68 bits per heavy atom. The quantitative estimate of drug-likeness (QED) is 0.552. The van der Waals surface area contributed by atoms with Crippen molar-refractivity contribution in [3.05, 3.63) is 35.9 Å². The number of methoxy groups -OCH3 is 1. The van der Waals surface area contributed by atoms with Crippen molar-refractivity contribution in [1.29, 1.82) is 5.26 Å². The normalized spacial score (nSPS) is 11.3. The molecule has 0 aliphatic carbocycles. The molecule has 6 nitrogen and oxygen atoms in total. The molecule has 0 heterocycles. The van der Waals surface area contributed by atoms with Crippen LogP contribution < -0.4 is 5.32 Å². The highest BCUT2D eigenvalue weighted by atomic mass is 16.5. The number of esters is 1. The smallest absolute Gasteiger partial charge is 0.328 e. The van der Waals surface area contributed by atoms with Gasteiger partial charge in [0.1, 0.15) is 12.6 Å². The van der Waals surface area contributed by atoms with Crippen molar-refractivity contribution >= 4 is 11.9 Å². The zero-order valence-corrected chi connectivity index (χ0v) is 12.6. The molecule has 1 amide bonds. The largest absolute Gasteiger partial charge is 0.467 e. The first-order valence-electron chi connectivity index (χ1n) is 7.03. The molecule has 1 aromatic carbocycles. The van der Waals surface area contributed by atoms with Gasteiger partial charge >= 0.3 is 5.97 Å². The molecule has 0 radical (unpaired) electrons. The van der Waals surface area contributed by atoms with Gasteiger partial charge in [-0.05, 0) is 18.4 Å². The number of hydrogen-bond acceptors (Lipinski definition) is 5. The molecule has 6 heteroatoms. The molecule has 22 heavy (non-hydrogen) atoms. The van der Waals surface area contributed by atoms with Crippen molar-refractivity contribution in [3.63, 3.8) is 0 Å². The molecule has 0 unspecified atom stereocenters. The third-order valence-electron chi connectivity index (χ3n) is 2.95. The number of carbonyl (C=O) groups excluding carboxylic acids is 2. The van der Waals surface area contributed by atoms with Crippen LogP contribution in [-0.2, 0) is 25.7 Å². The Hall–Kier alpha value is -2.39. The number of ether oxygens (including phenoxy) is 2. The fraction of sp³-hybridized carbons (Fsp3) is 0.438. The zero-order valence-electron chi connectivity index (χ0n) is 12.6. The summed E-state index contributed by atoms with van der Waals surface area (Å²) < 4.78 is 9.95. The first kappa shape index (κ1) is 17.7. The predicted octanol–water partition coefficient (Wildman–Crippen LogP) is 1.55. The average Bonchev–Trinajstić information content (AvgIpc) is 2.54. The molecule has 0 aromatic heterocycles. The van der Waals surface area contributed by atoms with Crippen molar-refractivity contribution < 1.29 is 19.1 Å². The summed E-state index contributed by atoms with van der Waals surface area (Å²) in [4.78, 5) is 23.4. The molecule has 0 saturated carbocycles. The highest BCUT2D eigenvalue weighted by Gasteiger charge is 2.20. The van der Waals surface area contributed by atoms with Crippen LogP contribution in [0, 0.1) is 11.3 Å². The Morgan fingerprint density at radius 2 is 2.05 bits per heavy atom. The summed E-state index contributed by atoms with van der Waals surface area (Å²) in [5, 5.41) is 11.1. The van der Waals surface area contributed by atoms with Gasteiger partial charge < -0.3 is 14.8 Å². The van der Waals surface area contributed by atoms with Gasteiger partial charge in [0.15, 0.2) is 0 Å². The van der Waals surface area contributed by atoms with E-state index in [0.717, 1.165) is 5.56 Å². The van der Waals surface area contributed by atoms with Gasteiger partial charge in [0.05, 0.1) is 19.8 Å². The van der Waals surface area contributed by atoms with Crippen LogP contribution in [-0.4, -0.2) is 31.6 Å². The lowest BCUT2D eigenvalue weighted by Crippen LogP contribution is -2.43. The van der Waals surface area contributed by atoms with Gasteiger partial charge in [-0.25, -0.2) is 4.79 Å². The molecule has 1 N–H and O–H groups in total. The Morgan fingerprint density at radius 1 is 1.32 bits per heavy atom. The van der Waals surface area contributed by atoms with E-state index in [0.29, 0.717) is 25.9 Å². The maximum atomic E-state index is 11.8. The van der Waals surface area contributed by atoms with Crippen LogP contribution >= 0.6 is 0 Å².